The monoisotopic (exact) mass is 509 g/mol. The number of rotatable bonds is 7. The zero-order valence-electron chi connectivity index (χ0n) is 15.7. The van der Waals surface area contributed by atoms with E-state index in [2.05, 4.69) is 47.7 Å². The topological polar surface area (TPSA) is 79.8 Å². The summed E-state index contributed by atoms with van der Waals surface area (Å²) in [6.07, 6.45) is 1.59. The van der Waals surface area contributed by atoms with E-state index >= 15 is 0 Å². The second-order valence-corrected chi connectivity index (χ2v) is 7.97. The molecule has 0 fully saturated rings. The van der Waals surface area contributed by atoms with Gasteiger partial charge in [0.1, 0.15) is 11.8 Å². The molecule has 2 aromatic rings. The summed E-state index contributed by atoms with van der Waals surface area (Å²) >= 11 is 6.77. The summed E-state index contributed by atoms with van der Waals surface area (Å²) in [5.41, 5.74) is 3.67. The molecule has 8 heteroatoms. The predicted octanol–water partition coefficient (Wildman–Crippen LogP) is 4.27. The van der Waals surface area contributed by atoms with Crippen LogP contribution in [-0.4, -0.2) is 30.2 Å². The number of benzene rings is 2. The lowest BCUT2D eigenvalue weighted by molar-refractivity contribution is -0.122. The van der Waals surface area contributed by atoms with Crippen molar-refractivity contribution in [3.05, 3.63) is 62.5 Å². The quantitative estimate of drug-likeness (QED) is 0.431. The van der Waals surface area contributed by atoms with Crippen molar-refractivity contribution in [2.75, 3.05) is 0 Å². The molecular formula is C20H21Br2N3O3. The number of ether oxygens (including phenoxy) is 1. The number of hydrogen-bond acceptors (Lipinski definition) is 4. The minimum atomic E-state index is -0.745. The van der Waals surface area contributed by atoms with E-state index in [1.54, 1.807) is 25.1 Å². The summed E-state index contributed by atoms with van der Waals surface area (Å²) < 4.78 is 7.11. The van der Waals surface area contributed by atoms with Gasteiger partial charge in [0.25, 0.3) is 11.8 Å². The average molecular weight is 511 g/mol. The number of halogens is 2. The molecule has 2 aromatic carbocycles. The van der Waals surface area contributed by atoms with E-state index in [0.717, 1.165) is 15.8 Å². The van der Waals surface area contributed by atoms with Gasteiger partial charge in [-0.3, -0.25) is 9.59 Å². The molecule has 1 atom stereocenters. The van der Waals surface area contributed by atoms with Gasteiger partial charge in [-0.1, -0.05) is 12.1 Å². The summed E-state index contributed by atoms with van der Waals surface area (Å²) in [4.78, 5) is 24.4. The molecule has 0 aliphatic heterocycles. The molecule has 1 unspecified atom stereocenters. The highest BCUT2D eigenvalue weighted by Gasteiger charge is 2.17. The Kier molecular flexibility index (Phi) is 8.19. The molecule has 0 heterocycles. The Bertz CT molecular complexity index is 885. The van der Waals surface area contributed by atoms with E-state index in [1.165, 1.54) is 6.21 Å². The van der Waals surface area contributed by atoms with Gasteiger partial charge in [-0.25, -0.2) is 5.43 Å². The second-order valence-electron chi connectivity index (χ2n) is 6.27. The van der Waals surface area contributed by atoms with Crippen LogP contribution in [0.3, 0.4) is 0 Å². The summed E-state index contributed by atoms with van der Waals surface area (Å²) in [7, 11) is 0. The Balaban J connectivity index is 1.91. The maximum Gasteiger partial charge on any atom is 0.262 e. The summed E-state index contributed by atoms with van der Waals surface area (Å²) in [5, 5.41) is 6.59. The van der Waals surface area contributed by atoms with E-state index in [4.69, 9.17) is 4.74 Å². The lowest BCUT2D eigenvalue weighted by Gasteiger charge is -2.13. The SMILES string of the molecule is CC(C)Oc1ccc(C=NNC(=O)C(C)NC(=O)c2ccccc2Br)cc1Br. The Hall–Kier alpha value is -2.19. The normalized spacial score (nSPS) is 12.1. The number of nitrogens with one attached hydrogen (secondary N) is 2. The summed E-state index contributed by atoms with van der Waals surface area (Å²) in [6, 6.07) is 11.8. The smallest absolute Gasteiger partial charge is 0.262 e. The van der Waals surface area contributed by atoms with Crippen molar-refractivity contribution in [1.29, 1.82) is 0 Å². The van der Waals surface area contributed by atoms with Crippen LogP contribution in [0.2, 0.25) is 0 Å². The van der Waals surface area contributed by atoms with Gasteiger partial charge >= 0.3 is 0 Å². The lowest BCUT2D eigenvalue weighted by Crippen LogP contribution is -2.43. The third-order valence-electron chi connectivity index (χ3n) is 3.57. The van der Waals surface area contributed by atoms with Crippen molar-refractivity contribution in [3.8, 4) is 5.75 Å². The highest BCUT2D eigenvalue weighted by Crippen LogP contribution is 2.26. The maximum atomic E-state index is 12.2. The van der Waals surface area contributed by atoms with Gasteiger partial charge in [0, 0.05) is 4.47 Å². The minimum absolute atomic E-state index is 0.0725. The number of nitrogens with zero attached hydrogens (tertiary/aromatic N) is 1. The first-order valence-electron chi connectivity index (χ1n) is 8.62. The number of hydrazone groups is 1. The van der Waals surface area contributed by atoms with Crippen molar-refractivity contribution in [2.24, 2.45) is 5.10 Å². The van der Waals surface area contributed by atoms with E-state index in [1.807, 2.05) is 38.1 Å². The zero-order valence-corrected chi connectivity index (χ0v) is 18.9. The zero-order chi connectivity index (χ0) is 20.7. The average Bonchev–Trinajstić information content (AvgIpc) is 2.63. The summed E-state index contributed by atoms with van der Waals surface area (Å²) in [5.74, 6) is -0.0288. The van der Waals surface area contributed by atoms with E-state index in [9.17, 15) is 9.59 Å². The van der Waals surface area contributed by atoms with Gasteiger partial charge in [-0.15, -0.1) is 0 Å². The molecule has 0 aliphatic carbocycles. The third-order valence-corrected chi connectivity index (χ3v) is 4.88. The van der Waals surface area contributed by atoms with Crippen LogP contribution in [-0.2, 0) is 4.79 Å². The largest absolute Gasteiger partial charge is 0.490 e. The van der Waals surface area contributed by atoms with Crippen molar-refractivity contribution >= 4 is 49.9 Å². The van der Waals surface area contributed by atoms with E-state index in [-0.39, 0.29) is 12.0 Å². The molecular weight excluding hydrogens is 490 g/mol. The van der Waals surface area contributed by atoms with Crippen LogP contribution >= 0.6 is 31.9 Å². The van der Waals surface area contributed by atoms with Crippen LogP contribution in [0.4, 0.5) is 0 Å². The van der Waals surface area contributed by atoms with E-state index in [0.29, 0.717) is 10.0 Å². The molecule has 2 rings (SSSR count). The highest BCUT2D eigenvalue weighted by molar-refractivity contribution is 9.10. The second kappa shape index (κ2) is 10.4. The highest BCUT2D eigenvalue weighted by atomic mass is 79.9. The van der Waals surface area contributed by atoms with Crippen molar-refractivity contribution in [1.82, 2.24) is 10.7 Å². The maximum absolute atomic E-state index is 12.2. The molecule has 0 aromatic heterocycles. The van der Waals surface area contributed by atoms with Crippen molar-refractivity contribution < 1.29 is 14.3 Å². The first kappa shape index (κ1) is 22.1. The fourth-order valence-electron chi connectivity index (χ4n) is 2.20. The molecule has 0 radical (unpaired) electrons. The molecule has 0 aliphatic rings. The lowest BCUT2D eigenvalue weighted by atomic mass is 10.2. The Labute approximate surface area is 181 Å². The molecule has 6 nitrogen and oxygen atoms in total. The molecule has 0 spiro atoms. The van der Waals surface area contributed by atoms with Crippen LogP contribution in [0.15, 0.2) is 56.5 Å². The Morgan fingerprint density at radius 1 is 1.07 bits per heavy atom. The molecule has 0 bridgehead atoms. The molecule has 0 saturated carbocycles. The van der Waals surface area contributed by atoms with Crippen LogP contribution in [0, 0.1) is 0 Å². The Morgan fingerprint density at radius 3 is 2.43 bits per heavy atom. The molecule has 148 valence electrons. The molecule has 0 saturated heterocycles. The van der Waals surface area contributed by atoms with Gasteiger partial charge < -0.3 is 10.1 Å². The van der Waals surface area contributed by atoms with Crippen LogP contribution in [0.1, 0.15) is 36.7 Å². The van der Waals surface area contributed by atoms with Crippen molar-refractivity contribution in [3.63, 3.8) is 0 Å². The number of amides is 2. The van der Waals surface area contributed by atoms with E-state index < -0.39 is 11.9 Å². The summed E-state index contributed by atoms with van der Waals surface area (Å²) in [6.45, 7) is 5.50. The van der Waals surface area contributed by atoms with Gasteiger partial charge in [-0.2, -0.15) is 5.10 Å². The molecule has 2 amide bonds. The van der Waals surface area contributed by atoms with Gasteiger partial charge in [0.05, 0.1) is 22.4 Å². The molecule has 28 heavy (non-hydrogen) atoms. The first-order chi connectivity index (χ1) is 13.3. The standard InChI is InChI=1S/C20H21Br2N3O3/c1-12(2)28-18-9-8-14(10-17(18)22)11-23-25-19(26)13(3)24-20(27)15-6-4-5-7-16(15)21/h4-13H,1-3H3,(H,24,27)(H,25,26). The van der Waals surface area contributed by atoms with Crippen LogP contribution < -0.4 is 15.5 Å². The van der Waals surface area contributed by atoms with Crippen LogP contribution in [0.5, 0.6) is 5.75 Å². The van der Waals surface area contributed by atoms with Gasteiger partial charge in [0.15, 0.2) is 0 Å². The number of carbonyl (C=O) groups is 2. The van der Waals surface area contributed by atoms with Gasteiger partial charge in [0.2, 0.25) is 0 Å². The predicted molar refractivity (Wildman–Crippen MR) is 117 cm³/mol. The number of hydrogen-bond donors (Lipinski definition) is 2. The fraction of sp³-hybridized carbons (Fsp3) is 0.250. The van der Waals surface area contributed by atoms with Gasteiger partial charge in [-0.05, 0) is 88.5 Å². The van der Waals surface area contributed by atoms with Crippen molar-refractivity contribution in [2.45, 2.75) is 32.9 Å². The minimum Gasteiger partial charge on any atom is -0.490 e. The Morgan fingerprint density at radius 2 is 1.79 bits per heavy atom. The van der Waals surface area contributed by atoms with Crippen LogP contribution in [0.25, 0.3) is 0 Å². The first-order valence-corrected chi connectivity index (χ1v) is 10.2. The third kappa shape index (κ3) is 6.45. The number of carbonyl (C=O) groups excluding carboxylic acids is 2. The molecule has 2 N–H and O–H groups in total. The fourth-order valence-corrected chi connectivity index (χ4v) is 3.15.